The van der Waals surface area contributed by atoms with Crippen LogP contribution >= 0.6 is 0 Å². The summed E-state index contributed by atoms with van der Waals surface area (Å²) in [5.74, 6) is 1.28. The molecule has 1 aliphatic carbocycles. The molecule has 5 nitrogen and oxygen atoms in total. The average Bonchev–Trinajstić information content (AvgIpc) is 3.02. The molecule has 1 heterocycles. The second kappa shape index (κ2) is 5.45. The van der Waals surface area contributed by atoms with E-state index in [1.54, 1.807) is 0 Å². The lowest BCUT2D eigenvalue weighted by Crippen LogP contribution is -2.07. The fourth-order valence-electron chi connectivity index (χ4n) is 2.09. The Morgan fingerprint density at radius 1 is 1.40 bits per heavy atom. The molecule has 5 heteroatoms. The molecular formula is C15H16N2O3. The van der Waals surface area contributed by atoms with Crippen LogP contribution in [0.3, 0.4) is 0 Å². The molecule has 0 bridgehead atoms. The third kappa shape index (κ3) is 3.04. The van der Waals surface area contributed by atoms with Crippen LogP contribution in [0, 0.1) is 11.8 Å². The number of ether oxygens (including phenoxy) is 1. The molecule has 0 saturated heterocycles. The molecule has 3 rings (SSSR count). The summed E-state index contributed by atoms with van der Waals surface area (Å²) in [5.41, 5.74) is 1.11. The number of rotatable bonds is 5. The lowest BCUT2D eigenvalue weighted by Gasteiger charge is -1.99. The number of carbonyl (C=O) groups excluding carboxylic acids is 1. The Kier molecular flexibility index (Phi) is 3.50. The lowest BCUT2D eigenvalue weighted by atomic mass is 10.1. The second-order valence-electron chi connectivity index (χ2n) is 5.19. The van der Waals surface area contributed by atoms with E-state index in [0.29, 0.717) is 24.1 Å². The van der Waals surface area contributed by atoms with E-state index in [9.17, 15) is 4.79 Å². The number of esters is 1. The van der Waals surface area contributed by atoms with Crippen LogP contribution in [-0.4, -0.2) is 16.1 Å². The summed E-state index contributed by atoms with van der Waals surface area (Å²) < 4.78 is 10.2. The molecule has 2 atom stereocenters. The number of nitrogens with zero attached hydrogens (tertiary/aromatic N) is 2. The van der Waals surface area contributed by atoms with Gasteiger partial charge in [-0.05, 0) is 17.9 Å². The summed E-state index contributed by atoms with van der Waals surface area (Å²) in [7, 11) is 0. The van der Waals surface area contributed by atoms with Gasteiger partial charge in [-0.2, -0.15) is 4.98 Å². The van der Waals surface area contributed by atoms with Gasteiger partial charge in [-0.1, -0.05) is 42.4 Å². The van der Waals surface area contributed by atoms with E-state index in [1.165, 1.54) is 0 Å². The largest absolute Gasteiger partial charge is 0.455 e. The van der Waals surface area contributed by atoms with Crippen molar-refractivity contribution in [1.82, 2.24) is 10.1 Å². The predicted molar refractivity (Wildman–Crippen MR) is 70.6 cm³/mol. The van der Waals surface area contributed by atoms with E-state index >= 15 is 0 Å². The molecule has 1 fully saturated rings. The van der Waals surface area contributed by atoms with Crippen LogP contribution in [0.2, 0.25) is 0 Å². The second-order valence-corrected chi connectivity index (χ2v) is 5.19. The van der Waals surface area contributed by atoms with Crippen molar-refractivity contribution in [3.8, 4) is 0 Å². The first-order valence-corrected chi connectivity index (χ1v) is 6.74. The van der Waals surface area contributed by atoms with Crippen LogP contribution in [0.5, 0.6) is 0 Å². The first-order valence-electron chi connectivity index (χ1n) is 6.74. The van der Waals surface area contributed by atoms with Crippen molar-refractivity contribution in [2.75, 3.05) is 0 Å². The van der Waals surface area contributed by atoms with Gasteiger partial charge in [0.05, 0.1) is 5.92 Å². The Morgan fingerprint density at radius 2 is 2.15 bits per heavy atom. The molecule has 0 unspecified atom stereocenters. The first-order chi connectivity index (χ1) is 9.72. The quantitative estimate of drug-likeness (QED) is 0.782. The van der Waals surface area contributed by atoms with Gasteiger partial charge in [0.25, 0.3) is 5.89 Å². The first kappa shape index (κ1) is 12.8. The third-order valence-electron chi connectivity index (χ3n) is 3.47. The normalized spacial score (nSPS) is 20.6. The van der Waals surface area contributed by atoms with Crippen molar-refractivity contribution in [3.63, 3.8) is 0 Å². The highest BCUT2D eigenvalue weighted by molar-refractivity contribution is 5.75. The summed E-state index contributed by atoms with van der Waals surface area (Å²) in [6, 6.07) is 9.91. The molecule has 1 aromatic carbocycles. The molecule has 20 heavy (non-hydrogen) atoms. The molecule has 0 aliphatic heterocycles. The molecule has 0 amide bonds. The van der Waals surface area contributed by atoms with Gasteiger partial charge in [-0.15, -0.1) is 0 Å². The number of hydrogen-bond donors (Lipinski definition) is 0. The molecule has 1 saturated carbocycles. The minimum Gasteiger partial charge on any atom is -0.455 e. The van der Waals surface area contributed by atoms with E-state index in [-0.39, 0.29) is 18.5 Å². The van der Waals surface area contributed by atoms with Crippen LogP contribution < -0.4 is 0 Å². The molecule has 104 valence electrons. The van der Waals surface area contributed by atoms with Gasteiger partial charge in [0.15, 0.2) is 12.4 Å². The maximum atomic E-state index is 11.6. The van der Waals surface area contributed by atoms with E-state index in [1.807, 2.05) is 37.3 Å². The number of carbonyl (C=O) groups is 1. The van der Waals surface area contributed by atoms with Crippen LogP contribution in [0.15, 0.2) is 34.9 Å². The van der Waals surface area contributed by atoms with Crippen molar-refractivity contribution >= 4 is 5.97 Å². The van der Waals surface area contributed by atoms with Crippen molar-refractivity contribution in [1.29, 1.82) is 0 Å². The van der Waals surface area contributed by atoms with Crippen molar-refractivity contribution in [3.05, 3.63) is 47.6 Å². The maximum absolute atomic E-state index is 11.6. The molecule has 0 N–H and O–H groups in total. The lowest BCUT2D eigenvalue weighted by molar-refractivity contribution is -0.147. The Bertz CT molecular complexity index is 594. The van der Waals surface area contributed by atoms with E-state index < -0.39 is 0 Å². The summed E-state index contributed by atoms with van der Waals surface area (Å²) in [6.45, 7) is 2.10. The van der Waals surface area contributed by atoms with Crippen LogP contribution in [-0.2, 0) is 22.6 Å². The van der Waals surface area contributed by atoms with Gasteiger partial charge in [-0.25, -0.2) is 0 Å². The molecule has 1 aliphatic rings. The minimum atomic E-state index is -0.166. The summed E-state index contributed by atoms with van der Waals surface area (Å²) in [4.78, 5) is 15.8. The van der Waals surface area contributed by atoms with Gasteiger partial charge in [0, 0.05) is 6.42 Å². The molecular weight excluding hydrogens is 256 g/mol. The zero-order valence-electron chi connectivity index (χ0n) is 11.3. The minimum absolute atomic E-state index is 0.0571. The average molecular weight is 272 g/mol. The van der Waals surface area contributed by atoms with Gasteiger partial charge >= 0.3 is 5.97 Å². The van der Waals surface area contributed by atoms with Crippen LogP contribution in [0.4, 0.5) is 0 Å². The maximum Gasteiger partial charge on any atom is 0.309 e. The van der Waals surface area contributed by atoms with Gasteiger partial charge < -0.3 is 9.26 Å². The Morgan fingerprint density at radius 3 is 2.85 bits per heavy atom. The highest BCUT2D eigenvalue weighted by Crippen LogP contribution is 2.38. The highest BCUT2D eigenvalue weighted by atomic mass is 16.6. The summed E-state index contributed by atoms with van der Waals surface area (Å²) >= 11 is 0. The van der Waals surface area contributed by atoms with E-state index in [4.69, 9.17) is 9.26 Å². The summed E-state index contributed by atoms with van der Waals surface area (Å²) in [5, 5.41) is 3.89. The highest BCUT2D eigenvalue weighted by Gasteiger charge is 2.40. The van der Waals surface area contributed by atoms with Crippen LogP contribution in [0.25, 0.3) is 0 Å². The standard InChI is InChI=1S/C15H16N2O3/c1-10-7-12(10)15(18)19-9-14-16-13(17-20-14)8-11-5-3-2-4-6-11/h2-6,10,12H,7-9H2,1H3/t10-,12+/m0/s1. The smallest absolute Gasteiger partial charge is 0.309 e. The zero-order chi connectivity index (χ0) is 13.9. The van der Waals surface area contributed by atoms with Crippen molar-refractivity contribution < 1.29 is 14.1 Å². The van der Waals surface area contributed by atoms with Gasteiger partial charge in [0.2, 0.25) is 0 Å². The van der Waals surface area contributed by atoms with Crippen molar-refractivity contribution in [2.45, 2.75) is 26.4 Å². The molecule has 2 aromatic rings. The van der Waals surface area contributed by atoms with E-state index in [2.05, 4.69) is 10.1 Å². The number of aromatic nitrogens is 2. The predicted octanol–water partition coefficient (Wildman–Crippen LogP) is 2.36. The van der Waals surface area contributed by atoms with Crippen molar-refractivity contribution in [2.24, 2.45) is 11.8 Å². The van der Waals surface area contributed by atoms with Crippen LogP contribution in [0.1, 0.15) is 30.6 Å². The van der Waals surface area contributed by atoms with Gasteiger partial charge in [-0.3, -0.25) is 4.79 Å². The summed E-state index contributed by atoms with van der Waals surface area (Å²) in [6.07, 6.45) is 1.53. The monoisotopic (exact) mass is 272 g/mol. The topological polar surface area (TPSA) is 65.2 Å². The molecule has 0 radical (unpaired) electrons. The molecule has 1 aromatic heterocycles. The Hall–Kier alpha value is -2.17. The third-order valence-corrected chi connectivity index (χ3v) is 3.47. The number of hydrogen-bond acceptors (Lipinski definition) is 5. The Labute approximate surface area is 116 Å². The van der Waals surface area contributed by atoms with Gasteiger partial charge in [0.1, 0.15) is 0 Å². The SMILES string of the molecule is C[C@H]1C[C@H]1C(=O)OCc1nc(Cc2ccccc2)no1. The zero-order valence-corrected chi connectivity index (χ0v) is 11.3. The Balaban J connectivity index is 1.53. The molecule has 0 spiro atoms. The number of benzene rings is 1. The van der Waals surface area contributed by atoms with E-state index in [0.717, 1.165) is 12.0 Å². The fourth-order valence-corrected chi connectivity index (χ4v) is 2.09. The fraction of sp³-hybridized carbons (Fsp3) is 0.400.